The maximum absolute atomic E-state index is 12.4. The Morgan fingerprint density at radius 1 is 0.971 bits per heavy atom. The van der Waals surface area contributed by atoms with E-state index in [9.17, 15) is 9.59 Å². The molecule has 0 saturated heterocycles. The molecule has 3 aromatic rings. The molecule has 0 aliphatic heterocycles. The van der Waals surface area contributed by atoms with Gasteiger partial charge in [-0.2, -0.15) is 5.10 Å². The molecule has 1 saturated carbocycles. The first-order valence-corrected chi connectivity index (χ1v) is 11.6. The van der Waals surface area contributed by atoms with Gasteiger partial charge in [-0.05, 0) is 83.0 Å². The normalized spacial score (nSPS) is 17.4. The van der Waals surface area contributed by atoms with Gasteiger partial charge in [0.15, 0.2) is 0 Å². The number of hydrogen-bond donors (Lipinski definition) is 1. The zero-order chi connectivity index (χ0) is 24.3. The highest BCUT2D eigenvalue weighted by Gasteiger charge is 2.44. The van der Waals surface area contributed by atoms with E-state index in [1.807, 2.05) is 0 Å². The molecular formula is C28H27ClN2O3. The fourth-order valence-electron chi connectivity index (χ4n) is 3.71. The van der Waals surface area contributed by atoms with Crippen LogP contribution in [0.25, 0.3) is 0 Å². The van der Waals surface area contributed by atoms with Gasteiger partial charge < -0.3 is 4.74 Å². The van der Waals surface area contributed by atoms with Crippen molar-refractivity contribution in [3.63, 3.8) is 0 Å². The lowest BCUT2D eigenvalue weighted by Crippen LogP contribution is -2.20. The van der Waals surface area contributed by atoms with Gasteiger partial charge in [-0.25, -0.2) is 10.2 Å². The lowest BCUT2D eigenvalue weighted by atomic mass is 9.86. The quantitative estimate of drug-likeness (QED) is 0.203. The molecule has 3 aromatic carbocycles. The van der Waals surface area contributed by atoms with Gasteiger partial charge in [-0.15, -0.1) is 0 Å². The largest absolute Gasteiger partial charge is 0.423 e. The summed E-state index contributed by atoms with van der Waals surface area (Å²) < 4.78 is 5.36. The molecule has 1 N–H and O–H groups in total. The minimum Gasteiger partial charge on any atom is -0.423 e. The van der Waals surface area contributed by atoms with Crippen molar-refractivity contribution < 1.29 is 14.3 Å². The average Bonchev–Trinajstić information content (AvgIpc) is 3.61. The highest BCUT2D eigenvalue weighted by Crippen LogP contribution is 2.47. The number of nitrogens with one attached hydrogen (secondary N) is 1. The van der Waals surface area contributed by atoms with Crippen LogP contribution in [-0.2, 0) is 10.2 Å². The van der Waals surface area contributed by atoms with Crippen molar-refractivity contribution in [2.75, 3.05) is 0 Å². The van der Waals surface area contributed by atoms with Crippen LogP contribution >= 0.6 is 11.6 Å². The SMILES string of the molecule is CC(C)(C)c1ccc([C@@H]2C[C@H]2C(=O)N/N=C/c2ccc(OC(=O)c3ccc(Cl)cc3)cc2)cc1. The van der Waals surface area contributed by atoms with Crippen molar-refractivity contribution in [2.24, 2.45) is 11.0 Å². The Bertz CT molecular complexity index is 1190. The fourth-order valence-corrected chi connectivity index (χ4v) is 3.84. The number of esters is 1. The Kier molecular flexibility index (Phi) is 6.85. The fraction of sp³-hybridized carbons (Fsp3) is 0.250. The summed E-state index contributed by atoms with van der Waals surface area (Å²) in [5.41, 5.74) is 6.42. The summed E-state index contributed by atoms with van der Waals surface area (Å²) in [6.07, 6.45) is 2.40. The van der Waals surface area contributed by atoms with Crippen LogP contribution in [0.3, 0.4) is 0 Å². The number of hydrazone groups is 1. The van der Waals surface area contributed by atoms with Gasteiger partial charge >= 0.3 is 5.97 Å². The molecular weight excluding hydrogens is 448 g/mol. The van der Waals surface area contributed by atoms with Crippen molar-refractivity contribution in [1.29, 1.82) is 0 Å². The molecule has 1 aliphatic rings. The number of halogens is 1. The number of benzene rings is 3. The molecule has 0 aromatic heterocycles. The van der Waals surface area contributed by atoms with E-state index < -0.39 is 5.97 Å². The Labute approximate surface area is 204 Å². The molecule has 1 aliphatic carbocycles. The zero-order valence-corrected chi connectivity index (χ0v) is 20.2. The minimum atomic E-state index is -0.461. The Hall–Kier alpha value is -3.44. The summed E-state index contributed by atoms with van der Waals surface area (Å²) in [4.78, 5) is 24.6. The zero-order valence-electron chi connectivity index (χ0n) is 19.4. The van der Waals surface area contributed by atoms with Crippen LogP contribution in [0, 0.1) is 5.92 Å². The molecule has 1 amide bonds. The van der Waals surface area contributed by atoms with Crippen molar-refractivity contribution >= 4 is 29.7 Å². The Morgan fingerprint density at radius 2 is 1.62 bits per heavy atom. The molecule has 174 valence electrons. The second-order valence-electron chi connectivity index (χ2n) is 9.52. The number of carbonyl (C=O) groups is 2. The minimum absolute atomic E-state index is 0.0488. The molecule has 0 radical (unpaired) electrons. The summed E-state index contributed by atoms with van der Waals surface area (Å²) in [6, 6.07) is 21.9. The van der Waals surface area contributed by atoms with Gasteiger partial charge in [0.1, 0.15) is 5.75 Å². The van der Waals surface area contributed by atoms with Gasteiger partial charge in [0.25, 0.3) is 0 Å². The number of nitrogens with zero attached hydrogens (tertiary/aromatic N) is 1. The number of amides is 1. The van der Waals surface area contributed by atoms with Crippen molar-refractivity contribution in [1.82, 2.24) is 5.43 Å². The summed E-state index contributed by atoms with van der Waals surface area (Å²) in [5.74, 6) is 0.0811. The van der Waals surface area contributed by atoms with Gasteiger partial charge in [-0.1, -0.05) is 56.6 Å². The van der Waals surface area contributed by atoms with E-state index in [1.165, 1.54) is 11.1 Å². The standard InChI is InChI=1S/C28H27ClN2O3/c1-28(2,3)21-10-6-19(7-11-21)24-16-25(24)26(32)31-30-17-18-4-14-23(15-5-18)34-27(33)20-8-12-22(29)13-9-20/h4-15,17,24-25H,16H2,1-3H3,(H,31,32)/b30-17+/t24-,25+/m0/s1. The molecule has 0 heterocycles. The predicted octanol–water partition coefficient (Wildman–Crippen LogP) is 6.11. The second kappa shape index (κ2) is 9.82. The topological polar surface area (TPSA) is 67.8 Å². The van der Waals surface area contributed by atoms with Gasteiger partial charge in [0, 0.05) is 10.9 Å². The number of rotatable bonds is 6. The second-order valence-corrected chi connectivity index (χ2v) is 9.96. The number of carbonyl (C=O) groups excluding carboxylic acids is 2. The van der Waals surface area contributed by atoms with Crippen LogP contribution in [0.2, 0.25) is 5.02 Å². The third-order valence-electron chi connectivity index (χ3n) is 5.89. The van der Waals surface area contributed by atoms with Crippen LogP contribution in [0.15, 0.2) is 77.9 Å². The number of ether oxygens (including phenoxy) is 1. The van der Waals surface area contributed by atoms with Gasteiger partial charge in [0.05, 0.1) is 11.8 Å². The highest BCUT2D eigenvalue weighted by molar-refractivity contribution is 6.30. The molecule has 1 fully saturated rings. The van der Waals surface area contributed by atoms with Crippen LogP contribution in [0.1, 0.15) is 60.2 Å². The number of hydrogen-bond acceptors (Lipinski definition) is 4. The molecule has 4 rings (SSSR count). The predicted molar refractivity (Wildman–Crippen MR) is 135 cm³/mol. The van der Waals surface area contributed by atoms with E-state index in [0.717, 1.165) is 12.0 Å². The smallest absolute Gasteiger partial charge is 0.343 e. The highest BCUT2D eigenvalue weighted by atomic mass is 35.5. The van der Waals surface area contributed by atoms with Crippen molar-refractivity contribution in [3.05, 3.63) is 100 Å². The molecule has 0 unspecified atom stereocenters. The first kappa shape index (κ1) is 23.7. The van der Waals surface area contributed by atoms with Crippen LogP contribution < -0.4 is 10.2 Å². The Morgan fingerprint density at radius 3 is 2.24 bits per heavy atom. The Balaban J connectivity index is 1.26. The van der Waals surface area contributed by atoms with E-state index in [4.69, 9.17) is 16.3 Å². The maximum atomic E-state index is 12.4. The summed E-state index contributed by atoms with van der Waals surface area (Å²) >= 11 is 5.84. The summed E-state index contributed by atoms with van der Waals surface area (Å²) in [7, 11) is 0. The van der Waals surface area contributed by atoms with Gasteiger partial charge in [0.2, 0.25) is 5.91 Å². The molecule has 2 atom stereocenters. The van der Waals surface area contributed by atoms with E-state index in [0.29, 0.717) is 16.3 Å². The third-order valence-corrected chi connectivity index (χ3v) is 6.14. The first-order chi connectivity index (χ1) is 16.2. The lowest BCUT2D eigenvalue weighted by Gasteiger charge is -2.19. The van der Waals surface area contributed by atoms with Crippen LogP contribution in [0.4, 0.5) is 0 Å². The van der Waals surface area contributed by atoms with E-state index in [2.05, 4.69) is 55.6 Å². The van der Waals surface area contributed by atoms with Crippen molar-refractivity contribution in [3.8, 4) is 5.75 Å². The summed E-state index contributed by atoms with van der Waals surface area (Å²) in [6.45, 7) is 6.57. The van der Waals surface area contributed by atoms with Gasteiger partial charge in [-0.3, -0.25) is 4.79 Å². The average molecular weight is 475 g/mol. The monoisotopic (exact) mass is 474 g/mol. The van der Waals surface area contributed by atoms with Crippen molar-refractivity contribution in [2.45, 2.75) is 38.5 Å². The summed E-state index contributed by atoms with van der Waals surface area (Å²) in [5, 5.41) is 4.63. The third kappa shape index (κ3) is 5.91. The molecule has 6 heteroatoms. The van der Waals surface area contributed by atoms with Crippen LogP contribution in [0.5, 0.6) is 5.75 Å². The van der Waals surface area contributed by atoms with E-state index >= 15 is 0 Å². The molecule has 5 nitrogen and oxygen atoms in total. The maximum Gasteiger partial charge on any atom is 0.343 e. The van der Waals surface area contributed by atoms with E-state index in [1.54, 1.807) is 54.7 Å². The molecule has 0 bridgehead atoms. The van der Waals surface area contributed by atoms with Crippen LogP contribution in [-0.4, -0.2) is 18.1 Å². The van der Waals surface area contributed by atoms with E-state index in [-0.39, 0.29) is 23.2 Å². The lowest BCUT2D eigenvalue weighted by molar-refractivity contribution is -0.122. The first-order valence-electron chi connectivity index (χ1n) is 11.2. The molecule has 0 spiro atoms. The molecule has 34 heavy (non-hydrogen) atoms.